The Kier molecular flexibility index (Phi) is 4.19. The van der Waals surface area contributed by atoms with Gasteiger partial charge in [0.2, 0.25) is 0 Å². The summed E-state index contributed by atoms with van der Waals surface area (Å²) in [7, 11) is 0. The maximum Gasteiger partial charge on any atom is 0.0813 e. The molecule has 0 heterocycles. The van der Waals surface area contributed by atoms with E-state index < -0.39 is 6.10 Å². The second-order valence-corrected chi connectivity index (χ2v) is 4.05. The minimum atomic E-state index is -0.517. The fraction of sp³-hybridized carbons (Fsp3) is 0.333. The van der Waals surface area contributed by atoms with E-state index in [0.717, 1.165) is 10.0 Å². The van der Waals surface area contributed by atoms with E-state index in [4.69, 9.17) is 17.3 Å². The van der Waals surface area contributed by atoms with E-state index >= 15 is 0 Å². The zero-order chi connectivity index (χ0) is 9.84. The van der Waals surface area contributed by atoms with Gasteiger partial charge in [0.1, 0.15) is 0 Å². The molecule has 0 saturated carbocycles. The zero-order valence-electron chi connectivity index (χ0n) is 7.00. The summed E-state index contributed by atoms with van der Waals surface area (Å²) in [6.45, 7) is 0.468. The molecule has 13 heavy (non-hydrogen) atoms. The standard InChI is InChI=1S/C9H11BrClNO/c10-8-5-6(11)1-2-7(8)9(13)3-4-12/h1-2,5,9,13H,3-4,12H2/t9-/m1/s1. The number of nitrogens with two attached hydrogens (primary N) is 1. The summed E-state index contributed by atoms with van der Waals surface area (Å²) in [6, 6.07) is 5.31. The Bertz CT molecular complexity index is 293. The molecule has 0 radical (unpaired) electrons. The van der Waals surface area contributed by atoms with E-state index in [1.807, 2.05) is 0 Å². The van der Waals surface area contributed by atoms with Crippen LogP contribution in [0.2, 0.25) is 5.02 Å². The average molecular weight is 265 g/mol. The van der Waals surface area contributed by atoms with Crippen LogP contribution in [0, 0.1) is 0 Å². The Morgan fingerprint density at radius 2 is 2.23 bits per heavy atom. The van der Waals surface area contributed by atoms with Crippen molar-refractivity contribution in [1.29, 1.82) is 0 Å². The molecule has 0 aliphatic carbocycles. The second kappa shape index (κ2) is 4.96. The molecule has 1 rings (SSSR count). The first-order chi connectivity index (χ1) is 6.15. The lowest BCUT2D eigenvalue weighted by molar-refractivity contribution is 0.169. The van der Waals surface area contributed by atoms with E-state index in [1.165, 1.54) is 0 Å². The lowest BCUT2D eigenvalue weighted by Gasteiger charge is -2.11. The quantitative estimate of drug-likeness (QED) is 0.881. The molecule has 0 unspecified atom stereocenters. The highest BCUT2D eigenvalue weighted by atomic mass is 79.9. The van der Waals surface area contributed by atoms with Gasteiger partial charge in [-0.2, -0.15) is 0 Å². The van der Waals surface area contributed by atoms with Crippen LogP contribution in [0.25, 0.3) is 0 Å². The zero-order valence-corrected chi connectivity index (χ0v) is 9.35. The molecule has 0 aliphatic heterocycles. The van der Waals surface area contributed by atoms with Crippen molar-refractivity contribution in [3.05, 3.63) is 33.3 Å². The van der Waals surface area contributed by atoms with Gasteiger partial charge in [0, 0.05) is 9.50 Å². The van der Waals surface area contributed by atoms with Crippen LogP contribution in [-0.2, 0) is 0 Å². The summed E-state index contributed by atoms with van der Waals surface area (Å²) >= 11 is 9.09. The Hall–Kier alpha value is -0.0900. The summed E-state index contributed by atoms with van der Waals surface area (Å²) in [6.07, 6.45) is 0.0388. The second-order valence-electron chi connectivity index (χ2n) is 2.76. The Morgan fingerprint density at radius 3 is 2.77 bits per heavy atom. The van der Waals surface area contributed by atoms with Gasteiger partial charge in [0.25, 0.3) is 0 Å². The maximum atomic E-state index is 9.64. The molecule has 0 fully saturated rings. The summed E-state index contributed by atoms with van der Waals surface area (Å²) in [4.78, 5) is 0. The number of benzene rings is 1. The van der Waals surface area contributed by atoms with Gasteiger partial charge in [0.15, 0.2) is 0 Å². The van der Waals surface area contributed by atoms with Crippen LogP contribution in [0.4, 0.5) is 0 Å². The number of rotatable bonds is 3. The summed E-state index contributed by atoms with van der Waals surface area (Å²) in [5, 5.41) is 10.3. The van der Waals surface area contributed by atoms with E-state index in [9.17, 15) is 5.11 Å². The number of hydrogen-bond donors (Lipinski definition) is 2. The van der Waals surface area contributed by atoms with E-state index in [0.29, 0.717) is 18.0 Å². The van der Waals surface area contributed by atoms with Crippen LogP contribution in [0.15, 0.2) is 22.7 Å². The summed E-state index contributed by atoms with van der Waals surface area (Å²) in [5.41, 5.74) is 6.17. The first-order valence-corrected chi connectivity index (χ1v) is 5.15. The molecule has 1 aromatic carbocycles. The van der Waals surface area contributed by atoms with Gasteiger partial charge < -0.3 is 10.8 Å². The van der Waals surface area contributed by atoms with E-state index in [2.05, 4.69) is 15.9 Å². The normalized spacial score (nSPS) is 12.9. The monoisotopic (exact) mass is 263 g/mol. The van der Waals surface area contributed by atoms with Gasteiger partial charge >= 0.3 is 0 Å². The number of aliphatic hydroxyl groups is 1. The van der Waals surface area contributed by atoms with Crippen molar-refractivity contribution < 1.29 is 5.11 Å². The minimum Gasteiger partial charge on any atom is -0.388 e. The molecule has 1 aromatic rings. The minimum absolute atomic E-state index is 0.468. The smallest absolute Gasteiger partial charge is 0.0813 e. The first kappa shape index (κ1) is 11.0. The van der Waals surface area contributed by atoms with Crippen molar-refractivity contribution >= 4 is 27.5 Å². The van der Waals surface area contributed by atoms with Gasteiger partial charge in [0.05, 0.1) is 6.10 Å². The number of halogens is 2. The predicted molar refractivity (Wildman–Crippen MR) is 57.8 cm³/mol. The third kappa shape index (κ3) is 2.95. The van der Waals surface area contributed by atoms with Crippen molar-refractivity contribution in [1.82, 2.24) is 0 Å². The lowest BCUT2D eigenvalue weighted by Crippen LogP contribution is -2.07. The van der Waals surface area contributed by atoms with Gasteiger partial charge in [-0.1, -0.05) is 33.6 Å². The third-order valence-electron chi connectivity index (χ3n) is 1.76. The van der Waals surface area contributed by atoms with Crippen molar-refractivity contribution in [2.45, 2.75) is 12.5 Å². The van der Waals surface area contributed by atoms with Gasteiger partial charge in [-0.3, -0.25) is 0 Å². The van der Waals surface area contributed by atoms with Crippen LogP contribution < -0.4 is 5.73 Å². The first-order valence-electron chi connectivity index (χ1n) is 3.98. The highest BCUT2D eigenvalue weighted by Gasteiger charge is 2.09. The van der Waals surface area contributed by atoms with E-state index in [-0.39, 0.29) is 0 Å². The molecule has 1 atom stereocenters. The molecule has 0 spiro atoms. The molecule has 0 saturated heterocycles. The Labute approximate surface area is 90.8 Å². The van der Waals surface area contributed by atoms with Gasteiger partial charge in [-0.05, 0) is 30.7 Å². The molecular formula is C9H11BrClNO. The van der Waals surface area contributed by atoms with Crippen molar-refractivity contribution in [3.63, 3.8) is 0 Å². The van der Waals surface area contributed by atoms with Gasteiger partial charge in [-0.15, -0.1) is 0 Å². The summed E-state index contributed by atoms with van der Waals surface area (Å²) in [5.74, 6) is 0. The van der Waals surface area contributed by atoms with Crippen LogP contribution in [0.5, 0.6) is 0 Å². The SMILES string of the molecule is NCC[C@@H](O)c1ccc(Cl)cc1Br. The van der Waals surface area contributed by atoms with Crippen molar-refractivity contribution in [3.8, 4) is 0 Å². The molecule has 0 bridgehead atoms. The molecular weight excluding hydrogens is 253 g/mol. The molecule has 0 aromatic heterocycles. The van der Waals surface area contributed by atoms with Crippen molar-refractivity contribution in [2.24, 2.45) is 5.73 Å². The molecule has 4 heteroatoms. The van der Waals surface area contributed by atoms with Crippen molar-refractivity contribution in [2.75, 3.05) is 6.54 Å². The highest BCUT2D eigenvalue weighted by molar-refractivity contribution is 9.10. The van der Waals surface area contributed by atoms with Crippen LogP contribution >= 0.6 is 27.5 Å². The summed E-state index contributed by atoms with van der Waals surface area (Å²) < 4.78 is 0.820. The van der Waals surface area contributed by atoms with Crippen LogP contribution in [0.3, 0.4) is 0 Å². The Balaban J connectivity index is 2.88. The molecule has 2 nitrogen and oxygen atoms in total. The number of aliphatic hydroxyl groups excluding tert-OH is 1. The predicted octanol–water partition coefficient (Wildman–Crippen LogP) is 2.48. The Morgan fingerprint density at radius 1 is 1.54 bits per heavy atom. The lowest BCUT2D eigenvalue weighted by atomic mass is 10.1. The topological polar surface area (TPSA) is 46.2 Å². The van der Waals surface area contributed by atoms with Crippen LogP contribution in [0.1, 0.15) is 18.1 Å². The molecule has 0 aliphatic rings. The van der Waals surface area contributed by atoms with E-state index in [1.54, 1.807) is 18.2 Å². The van der Waals surface area contributed by atoms with Crippen LogP contribution in [-0.4, -0.2) is 11.7 Å². The molecule has 0 amide bonds. The fourth-order valence-corrected chi connectivity index (χ4v) is 2.03. The fourth-order valence-electron chi connectivity index (χ4n) is 1.09. The molecule has 72 valence electrons. The molecule has 3 N–H and O–H groups in total. The highest BCUT2D eigenvalue weighted by Crippen LogP contribution is 2.27. The third-order valence-corrected chi connectivity index (χ3v) is 2.68. The number of hydrogen-bond acceptors (Lipinski definition) is 2. The average Bonchev–Trinajstić information content (AvgIpc) is 2.04. The maximum absolute atomic E-state index is 9.64. The van der Waals surface area contributed by atoms with Gasteiger partial charge in [-0.25, -0.2) is 0 Å². The largest absolute Gasteiger partial charge is 0.388 e.